The molecular formula is C23H21ClN4O4. The highest BCUT2D eigenvalue weighted by Gasteiger charge is 2.21. The second kappa shape index (κ2) is 9.45. The molecule has 2 amide bonds. The number of benzene rings is 2. The normalized spacial score (nSPS) is 10.3. The van der Waals surface area contributed by atoms with Crippen molar-refractivity contribution in [1.82, 2.24) is 4.57 Å². The second-order valence-electron chi connectivity index (χ2n) is 6.92. The standard InChI is InChI=1S/C23H21ClN4O4/c1-13-14(2)28(16-5-7-17(31-3)8-6-16)23(19(13)11-25)27-21(29)12-32-20-9-4-15(24)10-18(20)22(26)30/h4-10H,12H2,1-3H3,(H2,26,30)(H,27,29). The van der Waals surface area contributed by atoms with Crippen LogP contribution >= 0.6 is 11.6 Å². The lowest BCUT2D eigenvalue weighted by Crippen LogP contribution is -2.23. The molecule has 1 heterocycles. The van der Waals surface area contributed by atoms with Crippen molar-refractivity contribution in [3.8, 4) is 23.3 Å². The molecule has 0 aliphatic heterocycles. The van der Waals surface area contributed by atoms with Gasteiger partial charge in [0.2, 0.25) is 0 Å². The van der Waals surface area contributed by atoms with Crippen LogP contribution in [0.15, 0.2) is 42.5 Å². The highest BCUT2D eigenvalue weighted by Crippen LogP contribution is 2.31. The number of nitriles is 1. The van der Waals surface area contributed by atoms with E-state index < -0.39 is 18.4 Å². The Hall–Kier alpha value is -3.96. The maximum atomic E-state index is 12.7. The number of carbonyl (C=O) groups is 2. The van der Waals surface area contributed by atoms with Crippen molar-refractivity contribution in [2.75, 3.05) is 19.0 Å². The summed E-state index contributed by atoms with van der Waals surface area (Å²) in [7, 11) is 1.57. The molecule has 164 valence electrons. The molecule has 9 heteroatoms. The van der Waals surface area contributed by atoms with Gasteiger partial charge in [-0.15, -0.1) is 0 Å². The number of amides is 2. The Morgan fingerprint density at radius 2 is 1.88 bits per heavy atom. The van der Waals surface area contributed by atoms with E-state index >= 15 is 0 Å². The van der Waals surface area contributed by atoms with Gasteiger partial charge in [-0.3, -0.25) is 14.2 Å². The van der Waals surface area contributed by atoms with Crippen molar-refractivity contribution in [3.63, 3.8) is 0 Å². The van der Waals surface area contributed by atoms with Gasteiger partial charge in [0, 0.05) is 16.4 Å². The molecule has 0 unspecified atom stereocenters. The van der Waals surface area contributed by atoms with Crippen molar-refractivity contribution in [3.05, 3.63) is 69.9 Å². The van der Waals surface area contributed by atoms with Crippen molar-refractivity contribution >= 4 is 29.2 Å². The Morgan fingerprint density at radius 3 is 2.47 bits per heavy atom. The summed E-state index contributed by atoms with van der Waals surface area (Å²) in [5.74, 6) is -0.0978. The molecule has 0 aliphatic carbocycles. The molecule has 8 nitrogen and oxygen atoms in total. The van der Waals surface area contributed by atoms with Crippen molar-refractivity contribution in [2.24, 2.45) is 5.73 Å². The van der Waals surface area contributed by atoms with Gasteiger partial charge >= 0.3 is 0 Å². The lowest BCUT2D eigenvalue weighted by Gasteiger charge is -2.14. The van der Waals surface area contributed by atoms with E-state index in [-0.39, 0.29) is 11.3 Å². The van der Waals surface area contributed by atoms with Crippen LogP contribution in [0.5, 0.6) is 11.5 Å². The molecule has 0 bridgehead atoms. The minimum absolute atomic E-state index is 0.0660. The highest BCUT2D eigenvalue weighted by atomic mass is 35.5. The van der Waals surface area contributed by atoms with Gasteiger partial charge in [0.1, 0.15) is 23.4 Å². The van der Waals surface area contributed by atoms with Crippen LogP contribution in [-0.4, -0.2) is 30.1 Å². The van der Waals surface area contributed by atoms with E-state index in [1.165, 1.54) is 18.2 Å². The Bertz CT molecular complexity index is 1230. The first kappa shape index (κ1) is 22.7. The summed E-state index contributed by atoms with van der Waals surface area (Å²) >= 11 is 5.89. The topological polar surface area (TPSA) is 119 Å². The first-order valence-electron chi connectivity index (χ1n) is 9.55. The number of nitrogens with zero attached hydrogens (tertiary/aromatic N) is 2. The Kier molecular flexibility index (Phi) is 6.71. The summed E-state index contributed by atoms with van der Waals surface area (Å²) in [5.41, 5.74) is 8.05. The third-order valence-electron chi connectivity index (χ3n) is 4.98. The highest BCUT2D eigenvalue weighted by molar-refractivity contribution is 6.31. The fraction of sp³-hybridized carbons (Fsp3) is 0.174. The molecule has 0 radical (unpaired) electrons. The van der Waals surface area contributed by atoms with Crippen LogP contribution in [0, 0.1) is 25.2 Å². The van der Waals surface area contributed by atoms with Gasteiger partial charge in [0.15, 0.2) is 6.61 Å². The largest absolute Gasteiger partial charge is 0.497 e. The van der Waals surface area contributed by atoms with E-state index in [0.717, 1.165) is 16.9 Å². The van der Waals surface area contributed by atoms with Gasteiger partial charge in [-0.05, 0) is 61.9 Å². The van der Waals surface area contributed by atoms with E-state index in [0.29, 0.717) is 22.2 Å². The number of ether oxygens (including phenoxy) is 2. The predicted molar refractivity (Wildman–Crippen MR) is 121 cm³/mol. The molecule has 0 fully saturated rings. The fourth-order valence-corrected chi connectivity index (χ4v) is 3.42. The number of rotatable bonds is 7. The zero-order chi connectivity index (χ0) is 23.4. The molecular weight excluding hydrogens is 432 g/mol. The number of aromatic nitrogens is 1. The monoisotopic (exact) mass is 452 g/mol. The van der Waals surface area contributed by atoms with E-state index in [1.807, 2.05) is 26.0 Å². The lowest BCUT2D eigenvalue weighted by molar-refractivity contribution is -0.118. The van der Waals surface area contributed by atoms with E-state index in [4.69, 9.17) is 26.8 Å². The summed E-state index contributed by atoms with van der Waals surface area (Å²) in [5, 5.41) is 12.7. The maximum absolute atomic E-state index is 12.7. The van der Waals surface area contributed by atoms with Crippen molar-refractivity contribution in [2.45, 2.75) is 13.8 Å². The summed E-state index contributed by atoms with van der Waals surface area (Å²) in [6.45, 7) is 3.27. The molecule has 0 spiro atoms. The average molecular weight is 453 g/mol. The number of anilines is 1. The zero-order valence-electron chi connectivity index (χ0n) is 17.7. The van der Waals surface area contributed by atoms with Crippen LogP contribution in [0.3, 0.4) is 0 Å². The quantitative estimate of drug-likeness (QED) is 0.565. The Labute approximate surface area is 190 Å². The van der Waals surface area contributed by atoms with Gasteiger partial charge < -0.3 is 20.5 Å². The van der Waals surface area contributed by atoms with Crippen LogP contribution in [0.2, 0.25) is 5.02 Å². The number of primary amides is 1. The summed E-state index contributed by atoms with van der Waals surface area (Å²) in [6, 6.07) is 13.7. The Morgan fingerprint density at radius 1 is 1.19 bits per heavy atom. The number of halogens is 1. The fourth-order valence-electron chi connectivity index (χ4n) is 3.25. The second-order valence-corrected chi connectivity index (χ2v) is 7.36. The molecule has 3 N–H and O–H groups in total. The van der Waals surface area contributed by atoms with Crippen LogP contribution < -0.4 is 20.5 Å². The molecule has 3 rings (SSSR count). The molecule has 1 aromatic heterocycles. The molecule has 2 aromatic carbocycles. The molecule has 0 saturated carbocycles. The SMILES string of the molecule is COc1ccc(-n2c(C)c(C)c(C#N)c2NC(=O)COc2ccc(Cl)cc2C(N)=O)cc1. The smallest absolute Gasteiger partial charge is 0.263 e. The van der Waals surface area contributed by atoms with Gasteiger partial charge in [0.05, 0.1) is 18.2 Å². The Balaban J connectivity index is 1.88. The molecule has 32 heavy (non-hydrogen) atoms. The van der Waals surface area contributed by atoms with Crippen molar-refractivity contribution in [1.29, 1.82) is 5.26 Å². The summed E-state index contributed by atoms with van der Waals surface area (Å²) in [6.07, 6.45) is 0. The van der Waals surface area contributed by atoms with Crippen LogP contribution in [-0.2, 0) is 4.79 Å². The third kappa shape index (κ3) is 4.53. The first-order valence-corrected chi connectivity index (χ1v) is 9.93. The van der Waals surface area contributed by atoms with E-state index in [1.54, 1.807) is 23.8 Å². The van der Waals surface area contributed by atoms with Gasteiger partial charge in [0.25, 0.3) is 11.8 Å². The molecule has 0 saturated heterocycles. The van der Waals surface area contributed by atoms with Crippen LogP contribution in [0.1, 0.15) is 27.2 Å². The van der Waals surface area contributed by atoms with E-state index in [2.05, 4.69) is 11.4 Å². The zero-order valence-corrected chi connectivity index (χ0v) is 18.5. The number of carbonyl (C=O) groups excluding carboxylic acids is 2. The van der Waals surface area contributed by atoms with Gasteiger partial charge in [-0.25, -0.2) is 0 Å². The molecule has 0 atom stereocenters. The average Bonchev–Trinajstić information content (AvgIpc) is 3.01. The third-order valence-corrected chi connectivity index (χ3v) is 5.21. The van der Waals surface area contributed by atoms with Crippen molar-refractivity contribution < 1.29 is 19.1 Å². The van der Waals surface area contributed by atoms with Gasteiger partial charge in [-0.2, -0.15) is 5.26 Å². The predicted octanol–water partition coefficient (Wildman–Crippen LogP) is 3.74. The van der Waals surface area contributed by atoms with Crippen LogP contribution in [0.4, 0.5) is 5.82 Å². The first-order chi connectivity index (χ1) is 15.3. The maximum Gasteiger partial charge on any atom is 0.263 e. The minimum atomic E-state index is -0.727. The summed E-state index contributed by atoms with van der Waals surface area (Å²) in [4.78, 5) is 24.3. The molecule has 0 aliphatic rings. The van der Waals surface area contributed by atoms with E-state index in [9.17, 15) is 14.9 Å². The molecule has 3 aromatic rings. The number of nitrogens with two attached hydrogens (primary N) is 1. The summed E-state index contributed by atoms with van der Waals surface area (Å²) < 4.78 is 12.5. The van der Waals surface area contributed by atoms with Gasteiger partial charge in [-0.1, -0.05) is 11.6 Å². The lowest BCUT2D eigenvalue weighted by atomic mass is 10.2. The number of hydrogen-bond acceptors (Lipinski definition) is 5. The minimum Gasteiger partial charge on any atom is -0.497 e. The number of methoxy groups -OCH3 is 1. The number of hydrogen-bond donors (Lipinski definition) is 2. The van der Waals surface area contributed by atoms with Crippen LogP contribution in [0.25, 0.3) is 5.69 Å². The number of nitrogens with one attached hydrogen (secondary N) is 1.